The van der Waals surface area contributed by atoms with Crippen LogP contribution >= 0.6 is 23.4 Å². The van der Waals surface area contributed by atoms with Crippen molar-refractivity contribution in [1.82, 2.24) is 9.29 Å². The number of nitrogens with zero attached hydrogens (tertiary/aromatic N) is 2. The Kier molecular flexibility index (Phi) is 7.45. The van der Waals surface area contributed by atoms with E-state index in [1.807, 2.05) is 0 Å². The highest BCUT2D eigenvalue weighted by atomic mass is 35.5. The minimum Gasteiger partial charge on any atom is -0.495 e. The molecule has 1 saturated heterocycles. The SMILES string of the molecule is COc1cc(NC(=O)CSc2ccc(S(=O)(=O)N3CCCC3)cn2)c(OC)cc1Cl. The number of rotatable bonds is 8. The molecule has 0 saturated carbocycles. The third-order valence-corrected chi connectivity index (χ3v) is 7.63. The summed E-state index contributed by atoms with van der Waals surface area (Å²) in [6, 6.07) is 6.27. The number of benzene rings is 1. The van der Waals surface area contributed by atoms with Gasteiger partial charge in [0.15, 0.2) is 0 Å². The summed E-state index contributed by atoms with van der Waals surface area (Å²) in [6.45, 7) is 1.08. The molecule has 2 aromatic rings. The van der Waals surface area contributed by atoms with E-state index in [1.54, 1.807) is 18.2 Å². The van der Waals surface area contributed by atoms with E-state index >= 15 is 0 Å². The number of nitrogens with one attached hydrogen (secondary N) is 1. The van der Waals surface area contributed by atoms with Crippen LogP contribution in [0, 0.1) is 0 Å². The van der Waals surface area contributed by atoms with Crippen molar-refractivity contribution in [3.63, 3.8) is 0 Å². The molecule has 162 valence electrons. The van der Waals surface area contributed by atoms with Crippen LogP contribution in [0.1, 0.15) is 12.8 Å². The third kappa shape index (κ3) is 5.18. The van der Waals surface area contributed by atoms with E-state index in [1.165, 1.54) is 42.5 Å². The number of ether oxygens (including phenoxy) is 2. The highest BCUT2D eigenvalue weighted by Gasteiger charge is 2.27. The number of methoxy groups -OCH3 is 2. The molecular formula is C19H22ClN3O5S2. The van der Waals surface area contributed by atoms with Crippen LogP contribution in [0.15, 0.2) is 40.4 Å². The molecule has 1 amide bonds. The molecule has 1 aliphatic heterocycles. The van der Waals surface area contributed by atoms with Gasteiger partial charge in [-0.3, -0.25) is 4.79 Å². The fraction of sp³-hybridized carbons (Fsp3) is 0.368. The number of pyridine rings is 1. The summed E-state index contributed by atoms with van der Waals surface area (Å²) in [4.78, 5) is 16.7. The maximum absolute atomic E-state index is 12.5. The lowest BCUT2D eigenvalue weighted by Crippen LogP contribution is -2.27. The minimum absolute atomic E-state index is 0.0827. The van der Waals surface area contributed by atoms with Crippen LogP contribution in [0.25, 0.3) is 0 Å². The number of carbonyl (C=O) groups excluding carboxylic acids is 1. The van der Waals surface area contributed by atoms with Crippen molar-refractivity contribution in [3.8, 4) is 11.5 Å². The second kappa shape index (κ2) is 9.86. The van der Waals surface area contributed by atoms with Crippen LogP contribution in [-0.4, -0.2) is 56.7 Å². The van der Waals surface area contributed by atoms with E-state index < -0.39 is 10.0 Å². The molecule has 30 heavy (non-hydrogen) atoms. The molecule has 0 unspecified atom stereocenters. The van der Waals surface area contributed by atoms with Gasteiger partial charge in [-0.05, 0) is 25.0 Å². The van der Waals surface area contributed by atoms with Gasteiger partial charge in [-0.2, -0.15) is 4.31 Å². The smallest absolute Gasteiger partial charge is 0.244 e. The Morgan fingerprint density at radius 1 is 1.20 bits per heavy atom. The number of carbonyl (C=O) groups is 1. The van der Waals surface area contributed by atoms with Crippen molar-refractivity contribution >= 4 is 45.0 Å². The summed E-state index contributed by atoms with van der Waals surface area (Å²) in [7, 11) is -0.543. The second-order valence-corrected chi connectivity index (χ2v) is 9.81. The van der Waals surface area contributed by atoms with Crippen LogP contribution in [0.4, 0.5) is 5.69 Å². The van der Waals surface area contributed by atoms with Gasteiger partial charge in [0, 0.05) is 31.4 Å². The van der Waals surface area contributed by atoms with Gasteiger partial charge in [-0.15, -0.1) is 0 Å². The maximum atomic E-state index is 12.5. The first kappa shape index (κ1) is 22.7. The Morgan fingerprint density at radius 2 is 1.90 bits per heavy atom. The molecule has 1 fully saturated rings. The molecule has 0 aliphatic carbocycles. The zero-order valence-electron chi connectivity index (χ0n) is 16.6. The number of hydrogen-bond acceptors (Lipinski definition) is 7. The van der Waals surface area contributed by atoms with Crippen LogP contribution in [0.3, 0.4) is 0 Å². The lowest BCUT2D eigenvalue weighted by molar-refractivity contribution is -0.113. The van der Waals surface area contributed by atoms with Crippen molar-refractivity contribution in [2.75, 3.05) is 38.4 Å². The number of halogens is 1. The first-order chi connectivity index (χ1) is 14.3. The maximum Gasteiger partial charge on any atom is 0.244 e. The van der Waals surface area contributed by atoms with Gasteiger partial charge in [-0.1, -0.05) is 23.4 Å². The van der Waals surface area contributed by atoms with E-state index in [4.69, 9.17) is 21.1 Å². The molecule has 1 aliphatic rings. The average Bonchev–Trinajstić information content (AvgIpc) is 3.29. The molecule has 1 aromatic carbocycles. The van der Waals surface area contributed by atoms with E-state index in [0.717, 1.165) is 12.8 Å². The monoisotopic (exact) mass is 471 g/mol. The van der Waals surface area contributed by atoms with E-state index in [-0.39, 0.29) is 16.6 Å². The predicted octanol–water partition coefficient (Wildman–Crippen LogP) is 3.27. The summed E-state index contributed by atoms with van der Waals surface area (Å²) >= 11 is 7.26. The van der Waals surface area contributed by atoms with Crippen molar-refractivity contribution in [2.45, 2.75) is 22.8 Å². The number of anilines is 1. The topological polar surface area (TPSA) is 97.8 Å². The average molecular weight is 472 g/mol. The summed E-state index contributed by atoms with van der Waals surface area (Å²) in [5.74, 6) is 0.628. The van der Waals surface area contributed by atoms with Gasteiger partial charge in [0.05, 0.1) is 35.7 Å². The van der Waals surface area contributed by atoms with Crippen molar-refractivity contribution in [1.29, 1.82) is 0 Å². The lowest BCUT2D eigenvalue weighted by Gasteiger charge is -2.15. The second-order valence-electron chi connectivity index (χ2n) is 6.47. The summed E-state index contributed by atoms with van der Waals surface area (Å²) in [5.41, 5.74) is 0.435. The normalized spacial score (nSPS) is 14.5. The lowest BCUT2D eigenvalue weighted by atomic mass is 10.2. The number of hydrogen-bond donors (Lipinski definition) is 1. The fourth-order valence-corrected chi connectivity index (χ4v) is 5.30. The number of thioether (sulfide) groups is 1. The highest BCUT2D eigenvalue weighted by molar-refractivity contribution is 7.99. The quantitative estimate of drug-likeness (QED) is 0.590. The van der Waals surface area contributed by atoms with Gasteiger partial charge >= 0.3 is 0 Å². The predicted molar refractivity (Wildman–Crippen MR) is 116 cm³/mol. The fourth-order valence-electron chi connectivity index (χ4n) is 2.97. The zero-order chi connectivity index (χ0) is 21.7. The molecule has 1 aromatic heterocycles. The highest BCUT2D eigenvalue weighted by Crippen LogP contribution is 2.36. The van der Waals surface area contributed by atoms with Crippen molar-refractivity contribution in [3.05, 3.63) is 35.5 Å². The van der Waals surface area contributed by atoms with E-state index in [9.17, 15) is 13.2 Å². The van der Waals surface area contributed by atoms with Crippen molar-refractivity contribution in [2.24, 2.45) is 0 Å². The Morgan fingerprint density at radius 3 is 2.50 bits per heavy atom. The van der Waals surface area contributed by atoms with Gasteiger partial charge in [0.25, 0.3) is 0 Å². The summed E-state index contributed by atoms with van der Waals surface area (Å²) in [5, 5.41) is 3.67. The van der Waals surface area contributed by atoms with E-state index in [0.29, 0.717) is 40.3 Å². The van der Waals surface area contributed by atoms with Crippen LogP contribution in [-0.2, 0) is 14.8 Å². The van der Waals surface area contributed by atoms with Gasteiger partial charge in [-0.25, -0.2) is 13.4 Å². The van der Waals surface area contributed by atoms with Crippen LogP contribution < -0.4 is 14.8 Å². The molecule has 3 rings (SSSR count). The van der Waals surface area contributed by atoms with Gasteiger partial charge < -0.3 is 14.8 Å². The Bertz CT molecular complexity index is 1010. The Balaban J connectivity index is 1.61. The van der Waals surface area contributed by atoms with Crippen LogP contribution in [0.5, 0.6) is 11.5 Å². The molecule has 0 spiro atoms. The van der Waals surface area contributed by atoms with E-state index in [2.05, 4.69) is 10.3 Å². The molecule has 0 atom stereocenters. The molecule has 11 heteroatoms. The summed E-state index contributed by atoms with van der Waals surface area (Å²) < 4.78 is 36.9. The molecule has 0 radical (unpaired) electrons. The standard InChI is InChI=1S/C19H22ClN3O5S2/c1-27-16-10-15(17(28-2)9-14(16)20)22-18(24)12-29-19-6-5-13(11-21-19)30(25,26)23-7-3-4-8-23/h5-6,9-11H,3-4,7-8,12H2,1-2H3,(H,22,24). The van der Waals surface area contributed by atoms with Crippen molar-refractivity contribution < 1.29 is 22.7 Å². The Labute approximate surface area is 185 Å². The Hall–Kier alpha value is -2.01. The largest absolute Gasteiger partial charge is 0.495 e. The number of aromatic nitrogens is 1. The first-order valence-corrected chi connectivity index (χ1v) is 12.0. The number of sulfonamides is 1. The zero-order valence-corrected chi connectivity index (χ0v) is 18.9. The number of amides is 1. The third-order valence-electron chi connectivity index (χ3n) is 4.51. The molecular weight excluding hydrogens is 450 g/mol. The first-order valence-electron chi connectivity index (χ1n) is 9.15. The molecule has 1 N–H and O–H groups in total. The molecule has 0 bridgehead atoms. The minimum atomic E-state index is -3.50. The van der Waals surface area contributed by atoms with Crippen LogP contribution in [0.2, 0.25) is 5.02 Å². The van der Waals surface area contributed by atoms with Gasteiger partial charge in [0.1, 0.15) is 16.4 Å². The molecule has 8 nitrogen and oxygen atoms in total. The molecule has 2 heterocycles. The summed E-state index contributed by atoms with van der Waals surface area (Å²) in [6.07, 6.45) is 3.08. The van der Waals surface area contributed by atoms with Gasteiger partial charge in [0.2, 0.25) is 15.9 Å².